The normalized spacial score (nSPS) is 17.0. The highest BCUT2D eigenvalue weighted by molar-refractivity contribution is 5.85. The van der Waals surface area contributed by atoms with Crippen molar-refractivity contribution in [1.29, 1.82) is 0 Å². The first-order valence-electron chi connectivity index (χ1n) is 9.17. The monoisotopic (exact) mass is 403 g/mol. The van der Waals surface area contributed by atoms with Crippen LogP contribution in [0.15, 0.2) is 24.3 Å². The number of halogens is 2. The molecule has 1 fully saturated rings. The van der Waals surface area contributed by atoms with E-state index in [-0.39, 0.29) is 36.8 Å². The van der Waals surface area contributed by atoms with Gasteiger partial charge in [0.05, 0.1) is 6.04 Å². The Morgan fingerprint density at radius 2 is 1.77 bits per heavy atom. The van der Waals surface area contributed by atoms with Gasteiger partial charge in [0.2, 0.25) is 5.91 Å². The van der Waals surface area contributed by atoms with Gasteiger partial charge < -0.3 is 15.5 Å². The van der Waals surface area contributed by atoms with Gasteiger partial charge in [0, 0.05) is 13.0 Å². The van der Waals surface area contributed by atoms with Crippen molar-refractivity contribution in [2.45, 2.75) is 39.2 Å². The molecule has 2 atom stereocenters. The number of nitrogens with one attached hydrogen (secondary N) is 2. The second-order valence-electron chi connectivity index (χ2n) is 7.46. The van der Waals surface area contributed by atoms with E-state index in [2.05, 4.69) is 67.7 Å². The van der Waals surface area contributed by atoms with E-state index in [1.807, 2.05) is 0 Å². The molecule has 1 aliphatic rings. The zero-order valence-corrected chi connectivity index (χ0v) is 18.1. The third-order valence-electron chi connectivity index (χ3n) is 5.27. The summed E-state index contributed by atoms with van der Waals surface area (Å²) in [5, 5.41) is 6.54. The van der Waals surface area contributed by atoms with Crippen LogP contribution in [-0.2, 0) is 4.79 Å². The van der Waals surface area contributed by atoms with Crippen LogP contribution in [0.2, 0.25) is 0 Å². The second kappa shape index (κ2) is 12.6. The van der Waals surface area contributed by atoms with E-state index >= 15 is 0 Å². The Morgan fingerprint density at radius 3 is 2.31 bits per heavy atom. The van der Waals surface area contributed by atoms with Gasteiger partial charge in [-0.2, -0.15) is 0 Å². The summed E-state index contributed by atoms with van der Waals surface area (Å²) in [5.41, 5.74) is 2.51. The standard InChI is InChI=1S/C20H33N3O.2ClH/c1-15-5-7-18(8-6-15)19(23(3)4)14-22-20(24)13-16(2)17-9-11-21-12-10-17;;/h5-8,16-17,19,21H,9-14H2,1-4H3,(H,22,24);2*1H. The van der Waals surface area contributed by atoms with Crippen molar-refractivity contribution in [2.75, 3.05) is 33.7 Å². The lowest BCUT2D eigenvalue weighted by Gasteiger charge is -2.29. The van der Waals surface area contributed by atoms with Crippen LogP contribution < -0.4 is 10.6 Å². The van der Waals surface area contributed by atoms with E-state index in [0.717, 1.165) is 13.1 Å². The van der Waals surface area contributed by atoms with Crippen LogP contribution in [-0.4, -0.2) is 44.5 Å². The number of piperidine rings is 1. The Morgan fingerprint density at radius 1 is 1.19 bits per heavy atom. The quantitative estimate of drug-likeness (QED) is 0.730. The molecule has 0 saturated carbocycles. The van der Waals surface area contributed by atoms with Crippen LogP contribution in [0.1, 0.15) is 43.4 Å². The lowest BCUT2D eigenvalue weighted by atomic mass is 9.84. The van der Waals surface area contributed by atoms with E-state index in [4.69, 9.17) is 0 Å². The zero-order valence-electron chi connectivity index (χ0n) is 16.5. The largest absolute Gasteiger partial charge is 0.354 e. The summed E-state index contributed by atoms with van der Waals surface area (Å²) >= 11 is 0. The first-order chi connectivity index (χ1) is 11.5. The molecule has 0 aromatic heterocycles. The average molecular weight is 404 g/mol. The van der Waals surface area contributed by atoms with E-state index in [1.165, 1.54) is 24.0 Å². The minimum Gasteiger partial charge on any atom is -0.354 e. The van der Waals surface area contributed by atoms with Crippen LogP contribution in [0, 0.1) is 18.8 Å². The molecule has 0 aliphatic carbocycles. The highest BCUT2D eigenvalue weighted by Crippen LogP contribution is 2.24. The number of likely N-dealkylation sites (N-methyl/N-ethyl adjacent to an activating group) is 1. The number of nitrogens with zero attached hydrogens (tertiary/aromatic N) is 1. The molecule has 4 nitrogen and oxygen atoms in total. The molecule has 1 heterocycles. The lowest BCUT2D eigenvalue weighted by molar-refractivity contribution is -0.122. The zero-order chi connectivity index (χ0) is 17.5. The molecule has 1 saturated heterocycles. The number of hydrogen-bond acceptors (Lipinski definition) is 3. The number of amides is 1. The van der Waals surface area contributed by atoms with Gasteiger partial charge in [0.25, 0.3) is 0 Å². The molecule has 1 amide bonds. The molecule has 26 heavy (non-hydrogen) atoms. The maximum Gasteiger partial charge on any atom is 0.220 e. The van der Waals surface area contributed by atoms with Gasteiger partial charge in [-0.3, -0.25) is 4.79 Å². The summed E-state index contributed by atoms with van der Waals surface area (Å²) in [7, 11) is 4.13. The third-order valence-corrected chi connectivity index (χ3v) is 5.27. The van der Waals surface area contributed by atoms with Crippen molar-refractivity contribution in [2.24, 2.45) is 11.8 Å². The molecule has 1 aliphatic heterocycles. The van der Waals surface area contributed by atoms with Crippen molar-refractivity contribution in [1.82, 2.24) is 15.5 Å². The van der Waals surface area contributed by atoms with Gasteiger partial charge in [0.15, 0.2) is 0 Å². The van der Waals surface area contributed by atoms with Crippen molar-refractivity contribution >= 4 is 30.7 Å². The predicted molar refractivity (Wildman–Crippen MR) is 114 cm³/mol. The summed E-state index contributed by atoms with van der Waals surface area (Å²) in [6.45, 7) is 7.16. The van der Waals surface area contributed by atoms with Crippen LogP contribution in [0.3, 0.4) is 0 Å². The smallest absolute Gasteiger partial charge is 0.220 e. The van der Waals surface area contributed by atoms with Gasteiger partial charge >= 0.3 is 0 Å². The number of benzene rings is 1. The number of carbonyl (C=O) groups is 1. The lowest BCUT2D eigenvalue weighted by Crippen LogP contribution is -2.37. The topological polar surface area (TPSA) is 44.4 Å². The Kier molecular flexibility index (Phi) is 12.2. The Bertz CT molecular complexity index is 516. The van der Waals surface area contributed by atoms with Gasteiger partial charge in [0.1, 0.15) is 0 Å². The van der Waals surface area contributed by atoms with Gasteiger partial charge in [-0.15, -0.1) is 24.8 Å². The minimum atomic E-state index is 0. The summed E-state index contributed by atoms with van der Waals surface area (Å²) in [6, 6.07) is 8.79. The fourth-order valence-electron chi connectivity index (χ4n) is 3.54. The Labute approximate surface area is 171 Å². The highest BCUT2D eigenvalue weighted by Gasteiger charge is 2.22. The molecule has 2 N–H and O–H groups in total. The number of carbonyl (C=O) groups excluding carboxylic acids is 1. The van der Waals surface area contributed by atoms with Crippen LogP contribution in [0.25, 0.3) is 0 Å². The van der Waals surface area contributed by atoms with Crippen molar-refractivity contribution in [3.05, 3.63) is 35.4 Å². The molecular weight excluding hydrogens is 369 g/mol. The summed E-state index contributed by atoms with van der Waals surface area (Å²) in [6.07, 6.45) is 3.02. The van der Waals surface area contributed by atoms with Crippen molar-refractivity contribution < 1.29 is 4.79 Å². The van der Waals surface area contributed by atoms with Gasteiger partial charge in [-0.1, -0.05) is 36.8 Å². The summed E-state index contributed by atoms with van der Waals surface area (Å²) < 4.78 is 0. The Balaban J connectivity index is 0.00000312. The maximum absolute atomic E-state index is 12.4. The molecule has 0 radical (unpaired) electrons. The first kappa shape index (κ1) is 25.2. The highest BCUT2D eigenvalue weighted by atomic mass is 35.5. The molecule has 2 unspecified atom stereocenters. The third kappa shape index (κ3) is 7.83. The fourth-order valence-corrected chi connectivity index (χ4v) is 3.54. The summed E-state index contributed by atoms with van der Waals surface area (Å²) in [5.74, 6) is 1.32. The summed E-state index contributed by atoms with van der Waals surface area (Å²) in [4.78, 5) is 14.5. The number of rotatable bonds is 7. The molecular formula is C20H35Cl2N3O. The van der Waals surface area contributed by atoms with Crippen LogP contribution in [0.5, 0.6) is 0 Å². The second-order valence-corrected chi connectivity index (χ2v) is 7.46. The minimum absolute atomic E-state index is 0. The van der Waals surface area contributed by atoms with Gasteiger partial charge in [-0.05, 0) is 64.3 Å². The maximum atomic E-state index is 12.4. The molecule has 150 valence electrons. The molecule has 0 spiro atoms. The Hall–Kier alpha value is -0.810. The molecule has 0 bridgehead atoms. The fraction of sp³-hybridized carbons (Fsp3) is 0.650. The van der Waals surface area contributed by atoms with Gasteiger partial charge in [-0.25, -0.2) is 0 Å². The molecule has 6 heteroatoms. The van der Waals surface area contributed by atoms with Crippen molar-refractivity contribution in [3.8, 4) is 0 Å². The predicted octanol–water partition coefficient (Wildman–Crippen LogP) is 3.58. The molecule has 1 aromatic carbocycles. The van der Waals surface area contributed by atoms with Crippen LogP contribution >= 0.6 is 24.8 Å². The van der Waals surface area contributed by atoms with E-state index in [9.17, 15) is 4.79 Å². The number of aryl methyl sites for hydroxylation is 1. The average Bonchev–Trinajstić information content (AvgIpc) is 2.57. The molecule has 1 aromatic rings. The van der Waals surface area contributed by atoms with Crippen LogP contribution in [0.4, 0.5) is 0 Å². The van der Waals surface area contributed by atoms with E-state index < -0.39 is 0 Å². The molecule has 2 rings (SSSR count). The van der Waals surface area contributed by atoms with Crippen molar-refractivity contribution in [3.63, 3.8) is 0 Å². The van der Waals surface area contributed by atoms with E-state index in [0.29, 0.717) is 24.8 Å². The SMILES string of the molecule is Cc1ccc(C(CNC(=O)CC(C)C2CCNCC2)N(C)C)cc1.Cl.Cl. The number of hydrogen-bond donors (Lipinski definition) is 2. The van der Waals surface area contributed by atoms with E-state index in [1.54, 1.807) is 0 Å². The first-order valence-corrected chi connectivity index (χ1v) is 9.17.